The first-order valence-corrected chi connectivity index (χ1v) is 5.86. The van der Waals surface area contributed by atoms with E-state index in [4.69, 9.17) is 4.74 Å². The Balaban J connectivity index is 2.36. The van der Waals surface area contributed by atoms with Gasteiger partial charge in [-0.25, -0.2) is 4.39 Å². The van der Waals surface area contributed by atoms with E-state index in [0.29, 0.717) is 17.7 Å². The molecular formula is C13H18FNO. The van der Waals surface area contributed by atoms with Crippen LogP contribution in [0.1, 0.15) is 36.9 Å². The van der Waals surface area contributed by atoms with Crippen molar-refractivity contribution in [2.24, 2.45) is 0 Å². The predicted molar refractivity (Wildman–Crippen MR) is 62.3 cm³/mol. The summed E-state index contributed by atoms with van der Waals surface area (Å²) >= 11 is 0. The van der Waals surface area contributed by atoms with Crippen molar-refractivity contribution in [3.05, 3.63) is 29.1 Å². The third kappa shape index (κ3) is 2.05. The lowest BCUT2D eigenvalue weighted by Crippen LogP contribution is -2.13. The van der Waals surface area contributed by atoms with Crippen LogP contribution >= 0.6 is 0 Å². The smallest absolute Gasteiger partial charge is 0.130 e. The average molecular weight is 223 g/mol. The van der Waals surface area contributed by atoms with E-state index in [1.165, 1.54) is 0 Å². The minimum Gasteiger partial charge on any atom is -0.496 e. The zero-order chi connectivity index (χ0) is 11.5. The number of halogens is 1. The molecule has 0 radical (unpaired) electrons. The largest absolute Gasteiger partial charge is 0.496 e. The molecule has 0 spiro atoms. The molecule has 2 rings (SSSR count). The molecule has 1 unspecified atom stereocenters. The van der Waals surface area contributed by atoms with Crippen molar-refractivity contribution in [1.29, 1.82) is 0 Å². The number of benzene rings is 1. The summed E-state index contributed by atoms with van der Waals surface area (Å²) in [6, 6.07) is 3.89. The molecule has 0 amide bonds. The van der Waals surface area contributed by atoms with E-state index in [1.807, 2.05) is 13.0 Å². The predicted octanol–water partition coefficient (Wildman–Crippen LogP) is 2.82. The monoisotopic (exact) mass is 223 g/mol. The van der Waals surface area contributed by atoms with Gasteiger partial charge in [0, 0.05) is 11.6 Å². The molecule has 1 N–H and O–H groups in total. The lowest BCUT2D eigenvalue weighted by molar-refractivity contribution is 0.403. The highest BCUT2D eigenvalue weighted by Crippen LogP contribution is 2.30. The second kappa shape index (κ2) is 4.83. The van der Waals surface area contributed by atoms with Crippen molar-refractivity contribution in [2.75, 3.05) is 13.7 Å². The van der Waals surface area contributed by atoms with Gasteiger partial charge in [-0.05, 0) is 43.5 Å². The molecule has 1 fully saturated rings. The van der Waals surface area contributed by atoms with Crippen molar-refractivity contribution in [3.8, 4) is 5.75 Å². The molecule has 1 aliphatic heterocycles. The van der Waals surface area contributed by atoms with Crippen LogP contribution in [0.25, 0.3) is 0 Å². The Morgan fingerprint density at radius 3 is 2.88 bits per heavy atom. The summed E-state index contributed by atoms with van der Waals surface area (Å²) in [6.07, 6.45) is 2.89. The van der Waals surface area contributed by atoms with Gasteiger partial charge in [-0.15, -0.1) is 0 Å². The lowest BCUT2D eigenvalue weighted by Gasteiger charge is -2.15. The van der Waals surface area contributed by atoms with E-state index in [1.54, 1.807) is 13.2 Å². The van der Waals surface area contributed by atoms with Crippen molar-refractivity contribution < 1.29 is 9.13 Å². The normalized spacial score (nSPS) is 20.1. The first-order chi connectivity index (χ1) is 7.76. The van der Waals surface area contributed by atoms with Gasteiger partial charge in [0.1, 0.15) is 11.6 Å². The van der Waals surface area contributed by atoms with Gasteiger partial charge in [-0.2, -0.15) is 0 Å². The Hall–Kier alpha value is -1.09. The summed E-state index contributed by atoms with van der Waals surface area (Å²) in [5.74, 6) is 0.525. The molecule has 0 aromatic heterocycles. The average Bonchev–Trinajstić information content (AvgIpc) is 2.81. The number of nitrogens with one attached hydrogen (secondary N) is 1. The summed E-state index contributed by atoms with van der Waals surface area (Å²) in [6.45, 7) is 2.96. The molecule has 1 aromatic rings. The minimum atomic E-state index is -0.148. The number of ether oxygens (including phenoxy) is 1. The summed E-state index contributed by atoms with van der Waals surface area (Å²) < 4.78 is 19.1. The van der Waals surface area contributed by atoms with E-state index in [9.17, 15) is 4.39 Å². The van der Waals surface area contributed by atoms with Crippen LogP contribution in [-0.4, -0.2) is 13.7 Å². The third-order valence-corrected chi connectivity index (χ3v) is 3.21. The standard InChI is InChI=1S/C13H18FNO/c1-3-10-11(14)7-9(8-13(10)16-2)12-5-4-6-15-12/h7-8,12,15H,3-6H2,1-2H3. The molecule has 0 bridgehead atoms. The molecule has 1 heterocycles. The second-order valence-corrected chi connectivity index (χ2v) is 4.19. The topological polar surface area (TPSA) is 21.3 Å². The molecule has 1 aromatic carbocycles. The summed E-state index contributed by atoms with van der Waals surface area (Å²) in [5.41, 5.74) is 1.67. The van der Waals surface area contributed by atoms with Gasteiger partial charge in [-0.3, -0.25) is 0 Å². The van der Waals surface area contributed by atoms with Crippen LogP contribution in [-0.2, 0) is 6.42 Å². The Morgan fingerprint density at radius 1 is 1.50 bits per heavy atom. The van der Waals surface area contributed by atoms with Gasteiger partial charge < -0.3 is 10.1 Å². The number of methoxy groups -OCH3 is 1. The van der Waals surface area contributed by atoms with Gasteiger partial charge in [0.2, 0.25) is 0 Å². The molecule has 1 aliphatic rings. The molecule has 3 heteroatoms. The molecule has 0 saturated carbocycles. The molecule has 0 aliphatic carbocycles. The van der Waals surface area contributed by atoms with Gasteiger partial charge in [0.15, 0.2) is 0 Å². The first-order valence-electron chi connectivity index (χ1n) is 5.86. The zero-order valence-corrected chi connectivity index (χ0v) is 9.85. The Bertz CT molecular complexity index is 372. The number of hydrogen-bond acceptors (Lipinski definition) is 2. The van der Waals surface area contributed by atoms with E-state index >= 15 is 0 Å². The van der Waals surface area contributed by atoms with Crippen LogP contribution in [0.3, 0.4) is 0 Å². The van der Waals surface area contributed by atoms with Gasteiger partial charge in [0.25, 0.3) is 0 Å². The fourth-order valence-electron chi connectivity index (χ4n) is 2.33. The molecule has 16 heavy (non-hydrogen) atoms. The van der Waals surface area contributed by atoms with Gasteiger partial charge in [0.05, 0.1) is 7.11 Å². The Kier molecular flexibility index (Phi) is 3.44. The van der Waals surface area contributed by atoms with Crippen molar-refractivity contribution in [1.82, 2.24) is 5.32 Å². The van der Waals surface area contributed by atoms with E-state index < -0.39 is 0 Å². The second-order valence-electron chi connectivity index (χ2n) is 4.19. The molecular weight excluding hydrogens is 205 g/mol. The van der Waals surface area contributed by atoms with Crippen LogP contribution in [0.15, 0.2) is 12.1 Å². The van der Waals surface area contributed by atoms with E-state index in [0.717, 1.165) is 24.9 Å². The van der Waals surface area contributed by atoms with Crippen molar-refractivity contribution in [3.63, 3.8) is 0 Å². The highest BCUT2D eigenvalue weighted by Gasteiger charge is 2.19. The first kappa shape index (κ1) is 11.4. The minimum absolute atomic E-state index is 0.148. The lowest BCUT2D eigenvalue weighted by atomic mass is 10.0. The maximum Gasteiger partial charge on any atom is 0.130 e. The third-order valence-electron chi connectivity index (χ3n) is 3.21. The summed E-state index contributed by atoms with van der Waals surface area (Å²) in [7, 11) is 1.60. The SMILES string of the molecule is CCc1c(F)cc(C2CCCN2)cc1OC. The van der Waals surface area contributed by atoms with Crippen LogP contribution in [0.4, 0.5) is 4.39 Å². The fraction of sp³-hybridized carbons (Fsp3) is 0.538. The van der Waals surface area contributed by atoms with Crippen LogP contribution in [0, 0.1) is 5.82 Å². The number of rotatable bonds is 3. The summed E-state index contributed by atoms with van der Waals surface area (Å²) in [5, 5.41) is 3.37. The molecule has 1 saturated heterocycles. The fourth-order valence-corrected chi connectivity index (χ4v) is 2.33. The quantitative estimate of drug-likeness (QED) is 0.850. The van der Waals surface area contributed by atoms with Crippen LogP contribution < -0.4 is 10.1 Å². The van der Waals surface area contributed by atoms with E-state index in [-0.39, 0.29) is 11.9 Å². The maximum absolute atomic E-state index is 13.8. The molecule has 2 nitrogen and oxygen atoms in total. The van der Waals surface area contributed by atoms with Crippen LogP contribution in [0.5, 0.6) is 5.75 Å². The van der Waals surface area contributed by atoms with Crippen molar-refractivity contribution in [2.45, 2.75) is 32.2 Å². The highest BCUT2D eigenvalue weighted by atomic mass is 19.1. The molecule has 1 atom stereocenters. The summed E-state index contributed by atoms with van der Waals surface area (Å²) in [4.78, 5) is 0. The number of hydrogen-bond donors (Lipinski definition) is 1. The Labute approximate surface area is 95.8 Å². The van der Waals surface area contributed by atoms with E-state index in [2.05, 4.69) is 5.32 Å². The molecule has 88 valence electrons. The highest BCUT2D eigenvalue weighted by molar-refractivity contribution is 5.40. The van der Waals surface area contributed by atoms with Crippen LogP contribution in [0.2, 0.25) is 0 Å². The van der Waals surface area contributed by atoms with Gasteiger partial charge >= 0.3 is 0 Å². The zero-order valence-electron chi connectivity index (χ0n) is 9.85. The van der Waals surface area contributed by atoms with Gasteiger partial charge in [-0.1, -0.05) is 6.92 Å². The Morgan fingerprint density at radius 2 is 2.31 bits per heavy atom. The van der Waals surface area contributed by atoms with Crippen molar-refractivity contribution >= 4 is 0 Å². The maximum atomic E-state index is 13.8.